The zero-order chi connectivity index (χ0) is 21.3. The first-order valence-electron chi connectivity index (χ1n) is 10.1. The third kappa shape index (κ3) is 5.52. The van der Waals surface area contributed by atoms with Gasteiger partial charge < -0.3 is 14.7 Å². The average molecular weight is 425 g/mol. The summed E-state index contributed by atoms with van der Waals surface area (Å²) < 4.78 is 0. The number of halogens is 1. The van der Waals surface area contributed by atoms with E-state index in [9.17, 15) is 9.59 Å². The molecule has 30 heavy (non-hydrogen) atoms. The Morgan fingerprint density at radius 2 is 1.63 bits per heavy atom. The fraction of sp³-hybridized carbons (Fsp3) is 0.348. The van der Waals surface area contributed by atoms with Crippen LogP contribution in [0.15, 0.2) is 54.6 Å². The largest absolute Gasteiger partial charge is 0.367 e. The minimum absolute atomic E-state index is 0.0181. The number of benzene rings is 2. The Hall–Kier alpha value is -3.04. The molecule has 0 aromatic heterocycles. The van der Waals surface area contributed by atoms with Crippen molar-refractivity contribution < 1.29 is 9.59 Å². The van der Waals surface area contributed by atoms with Crippen LogP contribution in [0.4, 0.5) is 11.4 Å². The molecular weight excluding hydrogens is 400 g/mol. The van der Waals surface area contributed by atoms with Crippen molar-refractivity contribution in [3.05, 3.63) is 59.6 Å². The summed E-state index contributed by atoms with van der Waals surface area (Å²) in [6, 6.07) is 19.0. The second-order valence-electron chi connectivity index (χ2n) is 7.11. The SMILES string of the molecule is N#CCCN(C(=O)CCC(=O)N1CCN(c2ccccc2Cl)CC1)c1ccccc1. The van der Waals surface area contributed by atoms with Crippen molar-refractivity contribution in [2.75, 3.05) is 42.5 Å². The molecule has 0 radical (unpaired) electrons. The Morgan fingerprint density at radius 3 is 2.30 bits per heavy atom. The van der Waals surface area contributed by atoms with Gasteiger partial charge in [0.2, 0.25) is 11.8 Å². The quantitative estimate of drug-likeness (QED) is 0.679. The predicted octanol–water partition coefficient (Wildman–Crippen LogP) is 3.72. The molecule has 0 bridgehead atoms. The van der Waals surface area contributed by atoms with E-state index in [4.69, 9.17) is 16.9 Å². The summed E-state index contributed by atoms with van der Waals surface area (Å²) in [4.78, 5) is 31.0. The van der Waals surface area contributed by atoms with Crippen LogP contribution in [-0.2, 0) is 9.59 Å². The van der Waals surface area contributed by atoms with Gasteiger partial charge in [0, 0.05) is 51.3 Å². The molecule has 156 valence electrons. The van der Waals surface area contributed by atoms with Gasteiger partial charge in [-0.2, -0.15) is 5.26 Å². The maximum atomic E-state index is 12.7. The second kappa shape index (κ2) is 10.7. The smallest absolute Gasteiger partial charge is 0.227 e. The first-order chi connectivity index (χ1) is 14.6. The van der Waals surface area contributed by atoms with Crippen LogP contribution in [0.3, 0.4) is 0 Å². The van der Waals surface area contributed by atoms with Crippen molar-refractivity contribution in [1.29, 1.82) is 5.26 Å². The van der Waals surface area contributed by atoms with Crippen molar-refractivity contribution in [2.45, 2.75) is 19.3 Å². The van der Waals surface area contributed by atoms with E-state index >= 15 is 0 Å². The molecule has 2 aromatic carbocycles. The minimum atomic E-state index is -0.139. The molecule has 0 unspecified atom stereocenters. The number of nitriles is 1. The number of piperazine rings is 1. The van der Waals surface area contributed by atoms with E-state index < -0.39 is 0 Å². The molecule has 1 heterocycles. The van der Waals surface area contributed by atoms with E-state index in [1.165, 1.54) is 0 Å². The molecule has 2 aromatic rings. The third-order valence-electron chi connectivity index (χ3n) is 5.19. The van der Waals surface area contributed by atoms with Gasteiger partial charge in [-0.1, -0.05) is 41.9 Å². The fourth-order valence-corrected chi connectivity index (χ4v) is 3.83. The third-order valence-corrected chi connectivity index (χ3v) is 5.51. The second-order valence-corrected chi connectivity index (χ2v) is 7.52. The Kier molecular flexibility index (Phi) is 7.69. The highest BCUT2D eigenvalue weighted by Crippen LogP contribution is 2.26. The van der Waals surface area contributed by atoms with E-state index in [0.29, 0.717) is 37.7 Å². The lowest BCUT2D eigenvalue weighted by Gasteiger charge is -2.36. The predicted molar refractivity (Wildman–Crippen MR) is 119 cm³/mol. The van der Waals surface area contributed by atoms with Crippen molar-refractivity contribution in [2.24, 2.45) is 0 Å². The summed E-state index contributed by atoms with van der Waals surface area (Å²) in [5.74, 6) is -0.157. The van der Waals surface area contributed by atoms with E-state index in [2.05, 4.69) is 11.0 Å². The van der Waals surface area contributed by atoms with Gasteiger partial charge >= 0.3 is 0 Å². The molecule has 1 saturated heterocycles. The molecule has 6 nitrogen and oxygen atoms in total. The standard InChI is InChI=1S/C23H25ClN4O2/c24-20-9-4-5-10-21(20)26-15-17-27(18-16-26)22(29)11-12-23(30)28(14-6-13-25)19-7-2-1-3-8-19/h1-5,7-10H,6,11-12,14-18H2. The molecule has 1 aliphatic rings. The van der Waals surface area contributed by atoms with Crippen molar-refractivity contribution in [3.63, 3.8) is 0 Å². The number of hydrogen-bond acceptors (Lipinski definition) is 4. The number of amides is 2. The highest BCUT2D eigenvalue weighted by Gasteiger charge is 2.24. The Bertz CT molecular complexity index is 905. The molecule has 0 saturated carbocycles. The van der Waals surface area contributed by atoms with Crippen molar-refractivity contribution in [1.82, 2.24) is 4.90 Å². The Labute approximate surface area is 182 Å². The van der Waals surface area contributed by atoms with Crippen LogP contribution in [0, 0.1) is 11.3 Å². The maximum absolute atomic E-state index is 12.7. The first kappa shape index (κ1) is 21.7. The van der Waals surface area contributed by atoms with Gasteiger partial charge in [0.05, 0.1) is 23.2 Å². The zero-order valence-corrected chi connectivity index (χ0v) is 17.6. The topological polar surface area (TPSA) is 67.6 Å². The van der Waals surface area contributed by atoms with Crippen LogP contribution in [0.25, 0.3) is 0 Å². The van der Waals surface area contributed by atoms with Gasteiger partial charge in [-0.3, -0.25) is 9.59 Å². The molecule has 2 amide bonds. The number of hydrogen-bond donors (Lipinski definition) is 0. The molecule has 1 aliphatic heterocycles. The lowest BCUT2D eigenvalue weighted by atomic mass is 10.2. The maximum Gasteiger partial charge on any atom is 0.227 e. The van der Waals surface area contributed by atoms with E-state index in [0.717, 1.165) is 11.4 Å². The molecule has 0 spiro atoms. The van der Waals surface area contributed by atoms with Crippen molar-refractivity contribution >= 4 is 34.8 Å². The molecule has 0 N–H and O–H groups in total. The normalized spacial score (nSPS) is 13.6. The number of carbonyl (C=O) groups excluding carboxylic acids is 2. The van der Waals surface area contributed by atoms with Gasteiger partial charge in [-0.15, -0.1) is 0 Å². The average Bonchev–Trinajstić information content (AvgIpc) is 2.79. The molecular formula is C23H25ClN4O2. The zero-order valence-electron chi connectivity index (χ0n) is 16.8. The molecule has 7 heteroatoms. The first-order valence-corrected chi connectivity index (χ1v) is 10.5. The number of rotatable bonds is 7. The number of nitrogens with zero attached hydrogens (tertiary/aromatic N) is 4. The van der Waals surface area contributed by atoms with Crippen LogP contribution in [0.5, 0.6) is 0 Å². The lowest BCUT2D eigenvalue weighted by Crippen LogP contribution is -2.49. The molecule has 0 atom stereocenters. The van der Waals surface area contributed by atoms with Gasteiger partial charge in [-0.25, -0.2) is 0 Å². The van der Waals surface area contributed by atoms with Crippen LogP contribution < -0.4 is 9.80 Å². The van der Waals surface area contributed by atoms with E-state index in [1.807, 2.05) is 59.5 Å². The highest BCUT2D eigenvalue weighted by atomic mass is 35.5. The summed E-state index contributed by atoms with van der Waals surface area (Å²) in [7, 11) is 0. The van der Waals surface area contributed by atoms with Gasteiger partial charge in [-0.05, 0) is 24.3 Å². The van der Waals surface area contributed by atoms with E-state index in [-0.39, 0.29) is 31.1 Å². The number of carbonyl (C=O) groups is 2. The number of para-hydroxylation sites is 2. The van der Waals surface area contributed by atoms with Crippen molar-refractivity contribution in [3.8, 4) is 6.07 Å². The summed E-state index contributed by atoms with van der Waals surface area (Å²) in [6.45, 7) is 2.96. The summed E-state index contributed by atoms with van der Waals surface area (Å²) in [5, 5.41) is 9.60. The minimum Gasteiger partial charge on any atom is -0.367 e. The number of anilines is 2. The Balaban J connectivity index is 1.52. The lowest BCUT2D eigenvalue weighted by molar-refractivity contribution is -0.133. The summed E-state index contributed by atoms with van der Waals surface area (Å²) >= 11 is 6.27. The van der Waals surface area contributed by atoms with Crippen LogP contribution >= 0.6 is 11.6 Å². The monoisotopic (exact) mass is 424 g/mol. The summed E-state index contributed by atoms with van der Waals surface area (Å²) in [6.07, 6.45) is 0.545. The van der Waals surface area contributed by atoms with Gasteiger partial charge in [0.15, 0.2) is 0 Å². The van der Waals surface area contributed by atoms with Crippen LogP contribution in [0.2, 0.25) is 5.02 Å². The van der Waals surface area contributed by atoms with Crippen LogP contribution in [-0.4, -0.2) is 49.4 Å². The Morgan fingerprint density at radius 1 is 0.967 bits per heavy atom. The van der Waals surface area contributed by atoms with Gasteiger partial charge in [0.25, 0.3) is 0 Å². The van der Waals surface area contributed by atoms with E-state index in [1.54, 1.807) is 4.90 Å². The van der Waals surface area contributed by atoms with Gasteiger partial charge in [0.1, 0.15) is 0 Å². The fourth-order valence-electron chi connectivity index (χ4n) is 3.58. The highest BCUT2D eigenvalue weighted by molar-refractivity contribution is 6.33. The molecule has 3 rings (SSSR count). The van der Waals surface area contributed by atoms with Crippen LogP contribution in [0.1, 0.15) is 19.3 Å². The molecule has 0 aliphatic carbocycles. The summed E-state index contributed by atoms with van der Waals surface area (Å²) in [5.41, 5.74) is 1.73. The molecule has 1 fully saturated rings.